The van der Waals surface area contributed by atoms with Crippen molar-refractivity contribution < 1.29 is 19.0 Å². The highest BCUT2D eigenvalue weighted by atomic mass is 127. The Morgan fingerprint density at radius 2 is 1.68 bits per heavy atom. The first-order chi connectivity index (χ1) is 16.4. The third kappa shape index (κ3) is 7.11. The molecule has 3 rings (SSSR count). The van der Waals surface area contributed by atoms with E-state index in [1.165, 1.54) is 6.08 Å². The van der Waals surface area contributed by atoms with Crippen LogP contribution in [0.5, 0.6) is 17.2 Å². The van der Waals surface area contributed by atoms with Crippen LogP contribution in [0, 0.1) is 18.5 Å². The van der Waals surface area contributed by atoms with E-state index in [1.807, 2.05) is 60.7 Å². The van der Waals surface area contributed by atoms with Gasteiger partial charge >= 0.3 is 0 Å². The lowest BCUT2D eigenvalue weighted by Crippen LogP contribution is -2.23. The minimum absolute atomic E-state index is 0.000998. The Morgan fingerprint density at radius 1 is 1.00 bits per heavy atom. The summed E-state index contributed by atoms with van der Waals surface area (Å²) in [5, 5.41) is 12.3. The van der Waals surface area contributed by atoms with E-state index in [1.54, 1.807) is 20.3 Å². The molecule has 0 aromatic heterocycles. The zero-order valence-electron chi connectivity index (χ0n) is 18.6. The molecule has 174 valence electrons. The number of amides is 1. The van der Waals surface area contributed by atoms with Crippen LogP contribution in [-0.4, -0.2) is 20.1 Å². The van der Waals surface area contributed by atoms with Gasteiger partial charge in [-0.1, -0.05) is 24.3 Å². The average molecular weight is 680 g/mol. The van der Waals surface area contributed by atoms with Gasteiger partial charge in [0.1, 0.15) is 24.0 Å². The minimum Gasteiger partial charge on any atom is -0.497 e. The molecule has 0 radical (unpaired) electrons. The summed E-state index contributed by atoms with van der Waals surface area (Å²) in [6.45, 7) is 0.698. The molecule has 0 saturated carbocycles. The Kier molecular flexibility index (Phi) is 9.59. The number of nitrogens with one attached hydrogen (secondary N) is 1. The lowest BCUT2D eigenvalue weighted by Gasteiger charge is -2.14. The number of halogens is 2. The molecule has 0 atom stereocenters. The Hall–Kier alpha value is -2.78. The molecule has 1 N–H and O–H groups in total. The first-order valence-corrected chi connectivity index (χ1v) is 12.4. The third-order valence-corrected chi connectivity index (χ3v) is 6.36. The van der Waals surface area contributed by atoms with Crippen molar-refractivity contribution in [3.8, 4) is 23.3 Å². The standard InChI is InChI=1S/C26H22I2N2O4/c1-32-22-9-5-17(6-10-22)15-30-26(31)20(14-29)11-19-12-23(28)25(24(13-19)33-2)34-16-18-3-7-21(27)8-4-18/h3-13H,15-16H2,1-2H3,(H,30,31)/b20-11-. The fourth-order valence-corrected chi connectivity index (χ4v) is 4.18. The lowest BCUT2D eigenvalue weighted by atomic mass is 10.1. The van der Waals surface area contributed by atoms with Crippen LogP contribution in [-0.2, 0) is 17.9 Å². The number of carbonyl (C=O) groups excluding carboxylic acids is 1. The predicted octanol–water partition coefficient (Wildman–Crippen LogP) is 5.72. The Morgan fingerprint density at radius 3 is 2.29 bits per heavy atom. The molecule has 0 spiro atoms. The van der Waals surface area contributed by atoms with E-state index in [0.29, 0.717) is 30.2 Å². The molecule has 6 nitrogen and oxygen atoms in total. The first kappa shape index (κ1) is 25.8. The number of ether oxygens (including phenoxy) is 3. The zero-order valence-corrected chi connectivity index (χ0v) is 22.9. The van der Waals surface area contributed by atoms with Crippen LogP contribution in [0.3, 0.4) is 0 Å². The molecule has 0 unspecified atom stereocenters. The number of rotatable bonds is 9. The smallest absolute Gasteiger partial charge is 0.262 e. The first-order valence-electron chi connectivity index (χ1n) is 10.2. The molecular formula is C26H22I2N2O4. The Balaban J connectivity index is 1.72. The van der Waals surface area contributed by atoms with Gasteiger partial charge in [-0.05, 0) is 104 Å². The van der Waals surface area contributed by atoms with Crippen LogP contribution in [0.1, 0.15) is 16.7 Å². The van der Waals surface area contributed by atoms with Gasteiger partial charge in [-0.25, -0.2) is 0 Å². The largest absolute Gasteiger partial charge is 0.497 e. The van der Waals surface area contributed by atoms with Gasteiger partial charge in [0.05, 0.1) is 17.8 Å². The molecule has 1 amide bonds. The summed E-state index contributed by atoms with van der Waals surface area (Å²) < 4.78 is 18.6. The number of nitrogens with zero attached hydrogens (tertiary/aromatic N) is 1. The number of hydrogen-bond acceptors (Lipinski definition) is 5. The fraction of sp³-hybridized carbons (Fsp3) is 0.154. The Bertz CT molecular complexity index is 1220. The van der Waals surface area contributed by atoms with E-state index in [0.717, 1.165) is 24.0 Å². The van der Waals surface area contributed by atoms with Crippen molar-refractivity contribution in [2.24, 2.45) is 0 Å². The van der Waals surface area contributed by atoms with E-state index >= 15 is 0 Å². The van der Waals surface area contributed by atoms with E-state index < -0.39 is 5.91 Å². The van der Waals surface area contributed by atoms with E-state index in [2.05, 4.69) is 50.5 Å². The van der Waals surface area contributed by atoms with Gasteiger partial charge in [0, 0.05) is 10.1 Å². The van der Waals surface area contributed by atoms with Crippen LogP contribution in [0.2, 0.25) is 0 Å². The van der Waals surface area contributed by atoms with Gasteiger partial charge < -0.3 is 19.5 Å². The number of carbonyl (C=O) groups is 1. The SMILES string of the molecule is COc1ccc(CNC(=O)/C(C#N)=C\c2cc(I)c(OCc3ccc(I)cc3)c(OC)c2)cc1. The molecule has 0 aliphatic rings. The molecule has 0 heterocycles. The molecular weight excluding hydrogens is 658 g/mol. The average Bonchev–Trinajstić information content (AvgIpc) is 2.86. The fourth-order valence-electron chi connectivity index (χ4n) is 3.04. The molecule has 0 saturated heterocycles. The van der Waals surface area contributed by atoms with Crippen molar-refractivity contribution in [2.45, 2.75) is 13.2 Å². The molecule has 8 heteroatoms. The van der Waals surface area contributed by atoms with E-state index in [-0.39, 0.29) is 5.57 Å². The second kappa shape index (κ2) is 12.6. The van der Waals surface area contributed by atoms with Crippen LogP contribution in [0.15, 0.2) is 66.2 Å². The summed E-state index contributed by atoms with van der Waals surface area (Å²) in [4.78, 5) is 12.6. The number of methoxy groups -OCH3 is 2. The van der Waals surface area contributed by atoms with E-state index in [4.69, 9.17) is 14.2 Å². The van der Waals surface area contributed by atoms with Gasteiger partial charge in [0.15, 0.2) is 11.5 Å². The second-order valence-corrected chi connectivity index (χ2v) is 9.56. The maximum Gasteiger partial charge on any atom is 0.262 e. The van der Waals surface area contributed by atoms with Crippen molar-refractivity contribution in [2.75, 3.05) is 14.2 Å². The van der Waals surface area contributed by atoms with Crippen LogP contribution in [0.4, 0.5) is 0 Å². The van der Waals surface area contributed by atoms with Crippen molar-refractivity contribution in [3.05, 3.63) is 90.1 Å². The maximum atomic E-state index is 12.6. The second-order valence-electron chi connectivity index (χ2n) is 7.15. The van der Waals surface area contributed by atoms with E-state index in [9.17, 15) is 10.1 Å². The van der Waals surface area contributed by atoms with Crippen LogP contribution >= 0.6 is 45.2 Å². The zero-order chi connectivity index (χ0) is 24.5. The normalized spacial score (nSPS) is 10.9. The van der Waals surface area contributed by atoms with Gasteiger partial charge in [-0.2, -0.15) is 5.26 Å². The quantitative estimate of drug-likeness (QED) is 0.178. The van der Waals surface area contributed by atoms with Gasteiger partial charge in [0.2, 0.25) is 0 Å². The van der Waals surface area contributed by atoms with Gasteiger partial charge in [-0.15, -0.1) is 0 Å². The van der Waals surface area contributed by atoms with Crippen molar-refractivity contribution >= 4 is 57.2 Å². The predicted molar refractivity (Wildman–Crippen MR) is 148 cm³/mol. The monoisotopic (exact) mass is 680 g/mol. The van der Waals surface area contributed by atoms with Crippen LogP contribution in [0.25, 0.3) is 6.08 Å². The highest BCUT2D eigenvalue weighted by Crippen LogP contribution is 2.35. The molecule has 3 aromatic carbocycles. The molecule has 0 bridgehead atoms. The summed E-state index contributed by atoms with van der Waals surface area (Å²) >= 11 is 4.42. The highest BCUT2D eigenvalue weighted by molar-refractivity contribution is 14.1. The summed E-state index contributed by atoms with van der Waals surface area (Å²) in [7, 11) is 3.16. The number of hydrogen-bond donors (Lipinski definition) is 1. The molecule has 0 fully saturated rings. The topological polar surface area (TPSA) is 80.6 Å². The summed E-state index contributed by atoms with van der Waals surface area (Å²) in [6.07, 6.45) is 1.54. The minimum atomic E-state index is -0.452. The highest BCUT2D eigenvalue weighted by Gasteiger charge is 2.14. The van der Waals surface area contributed by atoms with Crippen LogP contribution < -0.4 is 19.5 Å². The number of nitriles is 1. The summed E-state index contributed by atoms with van der Waals surface area (Å²) in [5.41, 5.74) is 2.61. The molecule has 0 aliphatic carbocycles. The van der Waals surface area contributed by atoms with Gasteiger partial charge in [0.25, 0.3) is 5.91 Å². The summed E-state index contributed by atoms with van der Waals surface area (Å²) in [6, 6.07) is 21.0. The molecule has 3 aromatic rings. The van der Waals surface area contributed by atoms with Crippen molar-refractivity contribution in [3.63, 3.8) is 0 Å². The maximum absolute atomic E-state index is 12.6. The summed E-state index contributed by atoms with van der Waals surface area (Å²) in [5.74, 6) is 1.43. The van der Waals surface area contributed by atoms with Gasteiger partial charge in [-0.3, -0.25) is 4.79 Å². The number of benzene rings is 3. The molecule has 0 aliphatic heterocycles. The third-order valence-electron chi connectivity index (χ3n) is 4.84. The van der Waals surface area contributed by atoms with Crippen molar-refractivity contribution in [1.82, 2.24) is 5.32 Å². The Labute approximate surface area is 226 Å². The van der Waals surface area contributed by atoms with Crippen molar-refractivity contribution in [1.29, 1.82) is 5.26 Å². The lowest BCUT2D eigenvalue weighted by molar-refractivity contribution is -0.117. The molecule has 34 heavy (non-hydrogen) atoms.